The molecule has 1 spiro atoms. The molecule has 0 bridgehead atoms. The van der Waals surface area contributed by atoms with Crippen molar-refractivity contribution in [2.24, 2.45) is 0 Å². The van der Waals surface area contributed by atoms with Crippen LogP contribution < -0.4 is 14.4 Å². The number of amides is 2. The minimum Gasteiger partial charge on any atom is -0.507 e. The molecule has 2 saturated heterocycles. The molecule has 0 saturated carbocycles. The van der Waals surface area contributed by atoms with Gasteiger partial charge in [-0.05, 0) is 44.0 Å². The summed E-state index contributed by atoms with van der Waals surface area (Å²) in [6.07, 6.45) is 1.25. The molecule has 9 heteroatoms. The third-order valence-electron chi connectivity index (χ3n) is 7.35. The molecule has 2 amide bonds. The summed E-state index contributed by atoms with van der Waals surface area (Å²) < 4.78 is 17.0. The van der Waals surface area contributed by atoms with E-state index in [1.807, 2.05) is 6.92 Å². The highest BCUT2D eigenvalue weighted by molar-refractivity contribution is 6.50. The number of hydrogen-bond acceptors (Lipinski definition) is 7. The van der Waals surface area contributed by atoms with Crippen molar-refractivity contribution in [1.82, 2.24) is 4.90 Å². The van der Waals surface area contributed by atoms with Crippen LogP contribution in [0, 0.1) is 0 Å². The lowest BCUT2D eigenvalue weighted by molar-refractivity contribution is -0.145. The number of benzene rings is 2. The number of nitrogens with zero attached hydrogens (tertiary/aromatic N) is 2. The minimum atomic E-state index is -1.79. The van der Waals surface area contributed by atoms with Crippen molar-refractivity contribution >= 4 is 29.0 Å². The van der Waals surface area contributed by atoms with Crippen molar-refractivity contribution in [1.29, 1.82) is 0 Å². The van der Waals surface area contributed by atoms with E-state index in [2.05, 4.69) is 0 Å². The Morgan fingerprint density at radius 2 is 1.83 bits per heavy atom. The zero-order chi connectivity index (χ0) is 25.0. The maximum absolute atomic E-state index is 14.2. The van der Waals surface area contributed by atoms with Crippen LogP contribution in [-0.2, 0) is 24.7 Å². The first-order chi connectivity index (χ1) is 17.5. The summed E-state index contributed by atoms with van der Waals surface area (Å²) in [5, 5.41) is 11.6. The molecule has 0 radical (unpaired) electrons. The molecule has 4 heterocycles. The van der Waals surface area contributed by atoms with Crippen molar-refractivity contribution < 1.29 is 33.7 Å². The second-order valence-electron chi connectivity index (χ2n) is 9.24. The molecule has 4 aliphatic heterocycles. The summed E-state index contributed by atoms with van der Waals surface area (Å²) in [7, 11) is 0. The number of likely N-dealkylation sites (N-methyl/N-ethyl adjacent to an activating group) is 1. The number of anilines is 1. The summed E-state index contributed by atoms with van der Waals surface area (Å²) >= 11 is 0. The zero-order valence-corrected chi connectivity index (χ0v) is 19.9. The number of Topliss-reactive ketones (excluding diaryl/α,β-unsaturated/α-hetero) is 1. The number of carbonyl (C=O) groups excluding carboxylic acids is 3. The average Bonchev–Trinajstić information content (AvgIpc) is 3.56. The Bertz CT molecular complexity index is 1310. The molecule has 1 N–H and O–H groups in total. The molecule has 4 aliphatic rings. The van der Waals surface area contributed by atoms with E-state index in [9.17, 15) is 19.5 Å². The van der Waals surface area contributed by atoms with Crippen molar-refractivity contribution in [2.45, 2.75) is 31.4 Å². The van der Waals surface area contributed by atoms with Gasteiger partial charge in [0.25, 0.3) is 17.6 Å². The molecule has 9 nitrogen and oxygen atoms in total. The maximum Gasteiger partial charge on any atom is 0.296 e. The van der Waals surface area contributed by atoms with Gasteiger partial charge < -0.3 is 29.1 Å². The highest BCUT2D eigenvalue weighted by atomic mass is 16.6. The van der Waals surface area contributed by atoms with Crippen LogP contribution in [0.4, 0.5) is 5.69 Å². The van der Waals surface area contributed by atoms with Crippen molar-refractivity contribution in [3.05, 3.63) is 59.2 Å². The van der Waals surface area contributed by atoms with Crippen LogP contribution in [0.1, 0.15) is 30.9 Å². The highest BCUT2D eigenvalue weighted by Crippen LogP contribution is 2.54. The first-order valence-corrected chi connectivity index (χ1v) is 12.2. The molecule has 0 unspecified atom stereocenters. The Morgan fingerprint density at radius 3 is 2.58 bits per heavy atom. The van der Waals surface area contributed by atoms with Crippen molar-refractivity contribution in [3.8, 4) is 11.5 Å². The fourth-order valence-electron chi connectivity index (χ4n) is 5.76. The fourth-order valence-corrected chi connectivity index (χ4v) is 5.76. The van der Waals surface area contributed by atoms with Crippen LogP contribution in [0.2, 0.25) is 0 Å². The van der Waals surface area contributed by atoms with E-state index in [0.29, 0.717) is 55.5 Å². The van der Waals surface area contributed by atoms with Crippen LogP contribution in [0.5, 0.6) is 11.5 Å². The maximum atomic E-state index is 14.2. The largest absolute Gasteiger partial charge is 0.507 e. The molecule has 2 fully saturated rings. The SMILES string of the molecule is CCN1C(=O)[C@@]2(C(=C(O)c3ccc4c(c3)OCCO4)C(=O)C(=O)N2C[C@H]2CCCO2)c2ccccc21. The monoisotopic (exact) mass is 490 g/mol. The lowest BCUT2D eigenvalue weighted by Gasteiger charge is -2.35. The average molecular weight is 491 g/mol. The van der Waals surface area contributed by atoms with Crippen LogP contribution in [-0.4, -0.2) is 66.6 Å². The van der Waals surface area contributed by atoms with Gasteiger partial charge in [0.05, 0.1) is 17.4 Å². The van der Waals surface area contributed by atoms with Gasteiger partial charge in [-0.2, -0.15) is 0 Å². The van der Waals surface area contributed by atoms with E-state index in [1.165, 1.54) is 4.90 Å². The number of ether oxygens (including phenoxy) is 3. The Morgan fingerprint density at radius 1 is 1.06 bits per heavy atom. The number of likely N-dealkylation sites (tertiary alicyclic amines) is 1. The fraction of sp³-hybridized carbons (Fsp3) is 0.370. The molecule has 0 aliphatic carbocycles. The van der Waals surface area contributed by atoms with Gasteiger partial charge in [-0.15, -0.1) is 0 Å². The smallest absolute Gasteiger partial charge is 0.296 e. The summed E-state index contributed by atoms with van der Waals surface area (Å²) in [6.45, 7) is 3.56. The minimum absolute atomic E-state index is 0.0696. The molecule has 2 aromatic rings. The van der Waals surface area contributed by atoms with Gasteiger partial charge >= 0.3 is 0 Å². The number of ketones is 1. The van der Waals surface area contributed by atoms with Gasteiger partial charge in [0, 0.05) is 30.8 Å². The molecule has 2 aromatic carbocycles. The van der Waals surface area contributed by atoms with E-state index in [0.717, 1.165) is 6.42 Å². The first-order valence-electron chi connectivity index (χ1n) is 12.2. The number of carbonyl (C=O) groups is 3. The Labute approximate surface area is 207 Å². The standard InChI is InChI=1S/C27H26N2O7/c1-2-28-19-8-4-3-7-18(19)27(26(28)33)22(24(31)25(32)29(27)15-17-6-5-11-34-17)23(30)16-9-10-20-21(14-16)36-13-12-35-20/h3-4,7-10,14,17,30H,2,5-6,11-13,15H2,1H3/t17-,27+/m1/s1. The Kier molecular flexibility index (Phi) is 5.26. The highest BCUT2D eigenvalue weighted by Gasteiger charge is 2.67. The predicted molar refractivity (Wildman–Crippen MR) is 129 cm³/mol. The van der Waals surface area contributed by atoms with E-state index >= 15 is 0 Å². The quantitative estimate of drug-likeness (QED) is 0.399. The van der Waals surface area contributed by atoms with Crippen LogP contribution >= 0.6 is 0 Å². The van der Waals surface area contributed by atoms with Gasteiger partial charge in [-0.1, -0.05) is 18.2 Å². The predicted octanol–water partition coefficient (Wildman–Crippen LogP) is 2.58. The second-order valence-corrected chi connectivity index (χ2v) is 9.24. The summed E-state index contributed by atoms with van der Waals surface area (Å²) in [6, 6.07) is 11.9. The second kappa shape index (κ2) is 8.37. The van der Waals surface area contributed by atoms with E-state index in [1.54, 1.807) is 47.4 Å². The lowest BCUT2D eigenvalue weighted by atomic mass is 9.81. The lowest BCUT2D eigenvalue weighted by Crippen LogP contribution is -2.53. The molecule has 36 heavy (non-hydrogen) atoms. The normalized spacial score (nSPS) is 26.2. The molecular weight excluding hydrogens is 464 g/mol. The van der Waals surface area contributed by atoms with E-state index in [-0.39, 0.29) is 23.8 Å². The van der Waals surface area contributed by atoms with Crippen LogP contribution in [0.3, 0.4) is 0 Å². The van der Waals surface area contributed by atoms with Gasteiger partial charge in [0.2, 0.25) is 0 Å². The number of rotatable bonds is 4. The van der Waals surface area contributed by atoms with Crippen LogP contribution in [0.15, 0.2) is 48.0 Å². The third-order valence-corrected chi connectivity index (χ3v) is 7.35. The molecule has 2 atom stereocenters. The first kappa shape index (κ1) is 22.6. The van der Waals surface area contributed by atoms with E-state index < -0.39 is 28.9 Å². The molecule has 186 valence electrons. The number of para-hydroxylation sites is 1. The topological polar surface area (TPSA) is 106 Å². The summed E-state index contributed by atoms with van der Waals surface area (Å²) in [5.74, 6) is -1.66. The van der Waals surface area contributed by atoms with Gasteiger partial charge in [0.1, 0.15) is 19.0 Å². The zero-order valence-electron chi connectivity index (χ0n) is 19.9. The Hall–Kier alpha value is -3.85. The number of aliphatic hydroxyl groups is 1. The van der Waals surface area contributed by atoms with Gasteiger partial charge in [-0.25, -0.2) is 0 Å². The molecular formula is C27H26N2O7. The van der Waals surface area contributed by atoms with Crippen molar-refractivity contribution in [3.63, 3.8) is 0 Å². The number of aliphatic hydroxyl groups excluding tert-OH is 1. The van der Waals surface area contributed by atoms with Gasteiger partial charge in [0.15, 0.2) is 17.0 Å². The number of fused-ring (bicyclic) bond motifs is 3. The van der Waals surface area contributed by atoms with Crippen LogP contribution in [0.25, 0.3) is 5.76 Å². The number of hydrogen-bond donors (Lipinski definition) is 1. The Balaban J connectivity index is 1.59. The van der Waals surface area contributed by atoms with Gasteiger partial charge in [-0.3, -0.25) is 14.4 Å². The third kappa shape index (κ3) is 3.02. The summed E-state index contributed by atoms with van der Waals surface area (Å²) in [4.78, 5) is 44.3. The van der Waals surface area contributed by atoms with E-state index in [4.69, 9.17) is 14.2 Å². The molecule has 0 aromatic heterocycles. The summed E-state index contributed by atoms with van der Waals surface area (Å²) in [5.41, 5.74) is -0.667. The molecule has 6 rings (SSSR count). The van der Waals surface area contributed by atoms with Crippen molar-refractivity contribution in [2.75, 3.05) is 37.8 Å².